The topological polar surface area (TPSA) is 125 Å². The van der Waals surface area contributed by atoms with Gasteiger partial charge >= 0.3 is 0 Å². The van der Waals surface area contributed by atoms with Crippen LogP contribution in [0.25, 0.3) is 11.0 Å². The van der Waals surface area contributed by atoms with Gasteiger partial charge in [-0.3, -0.25) is 24.3 Å². The summed E-state index contributed by atoms with van der Waals surface area (Å²) in [5.74, 6) is 0.0905. The minimum Gasteiger partial charge on any atom is -0.354 e. The van der Waals surface area contributed by atoms with Crippen molar-refractivity contribution in [2.45, 2.75) is 52.6 Å². The Morgan fingerprint density at radius 2 is 1.88 bits per heavy atom. The van der Waals surface area contributed by atoms with E-state index < -0.39 is 4.92 Å². The van der Waals surface area contributed by atoms with Crippen molar-refractivity contribution in [1.29, 1.82) is 0 Å². The quantitative estimate of drug-likeness (QED) is 0.361. The number of benzene rings is 1. The lowest BCUT2D eigenvalue weighted by Gasteiger charge is -2.15. The second kappa shape index (κ2) is 10.7. The summed E-state index contributed by atoms with van der Waals surface area (Å²) in [7, 11) is 0. The van der Waals surface area contributed by atoms with Crippen molar-refractivity contribution in [3.05, 3.63) is 62.8 Å². The van der Waals surface area contributed by atoms with Crippen LogP contribution in [-0.2, 0) is 17.9 Å². The number of nitrogens with one attached hydrogen (secondary N) is 1. The SMILES string of the molecule is CCCC(CCC)C(=O)NCCn1ncc2c(=O)n(Cc3ccc([N+](=O)[O-])cc3)cnc21. The van der Waals surface area contributed by atoms with Gasteiger partial charge in [0.05, 0.1) is 24.2 Å². The van der Waals surface area contributed by atoms with Gasteiger partial charge in [-0.05, 0) is 18.4 Å². The molecule has 0 bridgehead atoms. The van der Waals surface area contributed by atoms with Gasteiger partial charge in [0.2, 0.25) is 5.91 Å². The zero-order valence-electron chi connectivity index (χ0n) is 18.4. The molecular formula is C22H28N6O4. The smallest absolute Gasteiger partial charge is 0.269 e. The molecule has 3 rings (SSSR count). The Labute approximate surface area is 185 Å². The van der Waals surface area contributed by atoms with E-state index in [1.54, 1.807) is 16.8 Å². The average Bonchev–Trinajstić information content (AvgIpc) is 3.19. The third kappa shape index (κ3) is 5.37. The number of nitrogens with zero attached hydrogens (tertiary/aromatic N) is 5. The van der Waals surface area contributed by atoms with Crippen LogP contribution in [0.5, 0.6) is 0 Å². The van der Waals surface area contributed by atoms with Crippen molar-refractivity contribution < 1.29 is 9.72 Å². The van der Waals surface area contributed by atoms with Crippen LogP contribution in [0, 0.1) is 16.0 Å². The highest BCUT2D eigenvalue weighted by atomic mass is 16.6. The van der Waals surface area contributed by atoms with Crippen molar-refractivity contribution in [2.75, 3.05) is 6.54 Å². The maximum Gasteiger partial charge on any atom is 0.269 e. The molecule has 2 aromatic heterocycles. The third-order valence-corrected chi connectivity index (χ3v) is 5.39. The van der Waals surface area contributed by atoms with Crippen molar-refractivity contribution in [3.8, 4) is 0 Å². The molecule has 0 saturated carbocycles. The molecule has 0 atom stereocenters. The number of hydrogen-bond donors (Lipinski definition) is 1. The summed E-state index contributed by atoms with van der Waals surface area (Å²) in [5, 5.41) is 18.4. The Balaban J connectivity index is 1.67. The molecule has 10 heteroatoms. The number of carbonyl (C=O) groups is 1. The number of aromatic nitrogens is 4. The summed E-state index contributed by atoms with van der Waals surface area (Å²) in [4.78, 5) is 39.9. The van der Waals surface area contributed by atoms with Gasteiger partial charge in [0.1, 0.15) is 11.7 Å². The van der Waals surface area contributed by atoms with E-state index in [2.05, 4.69) is 29.2 Å². The van der Waals surface area contributed by atoms with E-state index >= 15 is 0 Å². The van der Waals surface area contributed by atoms with Gasteiger partial charge in [0.25, 0.3) is 11.2 Å². The summed E-state index contributed by atoms with van der Waals surface area (Å²) in [5.41, 5.74) is 0.971. The van der Waals surface area contributed by atoms with Crippen molar-refractivity contribution >= 4 is 22.6 Å². The maximum atomic E-state index is 12.8. The molecule has 0 aliphatic carbocycles. The van der Waals surface area contributed by atoms with Crippen LogP contribution in [0.4, 0.5) is 5.69 Å². The van der Waals surface area contributed by atoms with E-state index in [0.717, 1.165) is 31.2 Å². The minimum absolute atomic E-state index is 0.00116. The molecule has 0 aliphatic rings. The molecule has 3 aromatic rings. The Morgan fingerprint density at radius 3 is 2.50 bits per heavy atom. The van der Waals surface area contributed by atoms with Gasteiger partial charge < -0.3 is 5.32 Å². The second-order valence-electron chi connectivity index (χ2n) is 7.77. The summed E-state index contributed by atoms with van der Waals surface area (Å²) in [6.45, 7) is 5.22. The zero-order valence-corrected chi connectivity index (χ0v) is 18.4. The summed E-state index contributed by atoms with van der Waals surface area (Å²) in [6, 6.07) is 6.05. The molecule has 170 valence electrons. The molecule has 0 saturated heterocycles. The first-order valence-electron chi connectivity index (χ1n) is 10.9. The molecule has 0 unspecified atom stereocenters. The van der Waals surface area contributed by atoms with Gasteiger partial charge in [-0.1, -0.05) is 38.8 Å². The normalized spacial score (nSPS) is 11.2. The third-order valence-electron chi connectivity index (χ3n) is 5.39. The highest BCUT2D eigenvalue weighted by molar-refractivity contribution is 5.78. The monoisotopic (exact) mass is 440 g/mol. The molecule has 1 amide bonds. The van der Waals surface area contributed by atoms with Crippen LogP contribution >= 0.6 is 0 Å². The van der Waals surface area contributed by atoms with Gasteiger partial charge in [-0.2, -0.15) is 5.10 Å². The molecule has 0 radical (unpaired) electrons. The number of nitro groups is 1. The molecule has 32 heavy (non-hydrogen) atoms. The van der Waals surface area contributed by atoms with E-state index in [4.69, 9.17) is 0 Å². The maximum absolute atomic E-state index is 12.8. The average molecular weight is 441 g/mol. The summed E-state index contributed by atoms with van der Waals surface area (Å²) < 4.78 is 3.05. The highest BCUT2D eigenvalue weighted by Crippen LogP contribution is 2.14. The van der Waals surface area contributed by atoms with E-state index in [0.29, 0.717) is 24.1 Å². The van der Waals surface area contributed by atoms with Crippen molar-refractivity contribution in [1.82, 2.24) is 24.6 Å². The van der Waals surface area contributed by atoms with Gasteiger partial charge in [-0.15, -0.1) is 0 Å². The number of rotatable bonds is 11. The zero-order chi connectivity index (χ0) is 23.1. The van der Waals surface area contributed by atoms with Crippen LogP contribution in [-0.4, -0.2) is 36.7 Å². The first-order valence-corrected chi connectivity index (χ1v) is 10.9. The molecule has 0 aliphatic heterocycles. The van der Waals surface area contributed by atoms with Crippen molar-refractivity contribution in [2.24, 2.45) is 5.92 Å². The van der Waals surface area contributed by atoms with Crippen LogP contribution in [0.15, 0.2) is 41.6 Å². The molecule has 1 aromatic carbocycles. The number of nitro benzene ring substituents is 1. The molecule has 2 heterocycles. The number of hydrogen-bond acceptors (Lipinski definition) is 6. The van der Waals surface area contributed by atoms with Crippen LogP contribution < -0.4 is 10.9 Å². The minimum atomic E-state index is -0.464. The van der Waals surface area contributed by atoms with E-state index in [1.807, 2.05) is 0 Å². The predicted molar refractivity (Wildman–Crippen MR) is 120 cm³/mol. The Bertz CT molecular complexity index is 1130. The summed E-state index contributed by atoms with van der Waals surface area (Å²) >= 11 is 0. The lowest BCUT2D eigenvalue weighted by atomic mass is 9.97. The van der Waals surface area contributed by atoms with E-state index in [9.17, 15) is 19.7 Å². The second-order valence-corrected chi connectivity index (χ2v) is 7.77. The first-order chi connectivity index (χ1) is 15.4. The van der Waals surface area contributed by atoms with E-state index in [1.165, 1.54) is 29.2 Å². The van der Waals surface area contributed by atoms with Gasteiger partial charge in [-0.25, -0.2) is 9.67 Å². The molecule has 1 N–H and O–H groups in total. The molecular weight excluding hydrogens is 412 g/mol. The van der Waals surface area contributed by atoms with Crippen LogP contribution in [0.2, 0.25) is 0 Å². The lowest BCUT2D eigenvalue weighted by Crippen LogP contribution is -2.33. The summed E-state index contributed by atoms with van der Waals surface area (Å²) in [6.07, 6.45) is 6.62. The Morgan fingerprint density at radius 1 is 1.19 bits per heavy atom. The molecule has 0 spiro atoms. The molecule has 0 fully saturated rings. The number of carbonyl (C=O) groups excluding carboxylic acids is 1. The molecule has 10 nitrogen and oxygen atoms in total. The van der Waals surface area contributed by atoms with Crippen LogP contribution in [0.1, 0.15) is 45.1 Å². The van der Waals surface area contributed by atoms with Crippen molar-refractivity contribution in [3.63, 3.8) is 0 Å². The lowest BCUT2D eigenvalue weighted by molar-refractivity contribution is -0.384. The first kappa shape index (κ1) is 23.1. The number of fused-ring (bicyclic) bond motifs is 1. The fraction of sp³-hybridized carbons (Fsp3) is 0.455. The van der Waals surface area contributed by atoms with Gasteiger partial charge in [0, 0.05) is 24.6 Å². The number of amides is 1. The predicted octanol–water partition coefficient (Wildman–Crippen LogP) is 2.88. The van der Waals surface area contributed by atoms with Crippen LogP contribution in [0.3, 0.4) is 0 Å². The van der Waals surface area contributed by atoms with E-state index in [-0.39, 0.29) is 29.6 Å². The fourth-order valence-corrected chi connectivity index (χ4v) is 3.73. The number of non-ortho nitro benzene ring substituents is 1. The largest absolute Gasteiger partial charge is 0.354 e. The fourth-order valence-electron chi connectivity index (χ4n) is 3.73. The highest BCUT2D eigenvalue weighted by Gasteiger charge is 2.16. The Kier molecular flexibility index (Phi) is 7.69. The van der Waals surface area contributed by atoms with Gasteiger partial charge in [0.15, 0.2) is 5.65 Å². The standard InChI is InChI=1S/C22H28N6O4/c1-3-5-17(6-4-2)21(29)23-11-12-27-20-19(13-25-27)22(30)26(15-24-20)14-16-7-9-18(10-8-16)28(31)32/h7-10,13,15,17H,3-6,11-12,14H2,1-2H3,(H,23,29). The Hall–Kier alpha value is -3.56.